The van der Waals surface area contributed by atoms with Crippen molar-refractivity contribution in [2.24, 2.45) is 0 Å². The summed E-state index contributed by atoms with van der Waals surface area (Å²) in [6.07, 6.45) is 0.966. The van der Waals surface area contributed by atoms with Gasteiger partial charge in [0.25, 0.3) is 6.43 Å². The monoisotopic (exact) mass is 243 g/mol. The number of halogens is 2. The van der Waals surface area contributed by atoms with Crippen molar-refractivity contribution in [2.75, 3.05) is 11.9 Å². The zero-order valence-electron chi connectivity index (χ0n) is 9.37. The lowest BCUT2D eigenvalue weighted by atomic mass is 9.96. The van der Waals surface area contributed by atoms with Crippen molar-refractivity contribution in [3.8, 4) is 0 Å². The normalized spacial score (nSPS) is 16.7. The van der Waals surface area contributed by atoms with Crippen LogP contribution in [-0.4, -0.2) is 34.1 Å². The Bertz CT molecular complexity index is 387. The van der Waals surface area contributed by atoms with Crippen LogP contribution >= 0.6 is 0 Å². The van der Waals surface area contributed by atoms with Crippen LogP contribution in [0.15, 0.2) is 6.33 Å². The molecule has 0 amide bonds. The number of aryl methyl sites for hydroxylation is 1. The van der Waals surface area contributed by atoms with Gasteiger partial charge in [0.1, 0.15) is 18.2 Å². The fraction of sp³-hybridized carbons (Fsp3) is 0.636. The number of nitrogens with zero attached hydrogens (tertiary/aromatic N) is 2. The van der Waals surface area contributed by atoms with E-state index >= 15 is 0 Å². The minimum absolute atomic E-state index is 0.193. The molecule has 0 spiro atoms. The molecule has 0 saturated carbocycles. The lowest BCUT2D eigenvalue weighted by molar-refractivity contribution is 0.00379. The first kappa shape index (κ1) is 12.2. The molecule has 2 rings (SSSR count). The van der Waals surface area contributed by atoms with E-state index in [-0.39, 0.29) is 6.54 Å². The minimum atomic E-state index is -2.74. The summed E-state index contributed by atoms with van der Waals surface area (Å²) >= 11 is 0. The molecule has 0 aliphatic heterocycles. The van der Waals surface area contributed by atoms with Crippen LogP contribution in [0.1, 0.15) is 24.1 Å². The van der Waals surface area contributed by atoms with E-state index in [1.54, 1.807) is 0 Å². The van der Waals surface area contributed by atoms with Crippen LogP contribution < -0.4 is 5.32 Å². The molecule has 1 aromatic rings. The number of hydrogen-bond donors (Lipinski definition) is 2. The van der Waals surface area contributed by atoms with Crippen molar-refractivity contribution in [2.45, 2.75) is 38.2 Å². The first-order chi connectivity index (χ1) is 8.18. The largest absolute Gasteiger partial charge is 0.385 e. The van der Waals surface area contributed by atoms with Gasteiger partial charge in [0.2, 0.25) is 0 Å². The minimum Gasteiger partial charge on any atom is -0.385 e. The van der Waals surface area contributed by atoms with Crippen LogP contribution in [-0.2, 0) is 12.8 Å². The van der Waals surface area contributed by atoms with Gasteiger partial charge in [0, 0.05) is 17.8 Å². The van der Waals surface area contributed by atoms with Crippen molar-refractivity contribution in [1.29, 1.82) is 0 Å². The molecule has 0 aromatic carbocycles. The van der Waals surface area contributed by atoms with Crippen LogP contribution in [0.25, 0.3) is 0 Å². The number of anilines is 1. The van der Waals surface area contributed by atoms with E-state index in [2.05, 4.69) is 15.3 Å². The van der Waals surface area contributed by atoms with Crippen molar-refractivity contribution < 1.29 is 13.9 Å². The van der Waals surface area contributed by atoms with E-state index in [1.807, 2.05) is 0 Å². The Morgan fingerprint density at radius 2 is 2.06 bits per heavy atom. The summed E-state index contributed by atoms with van der Waals surface area (Å²) < 4.78 is 24.3. The molecule has 2 N–H and O–H groups in total. The number of aliphatic hydroxyl groups is 1. The average molecular weight is 243 g/mol. The number of aromatic nitrogens is 2. The van der Waals surface area contributed by atoms with E-state index in [0.717, 1.165) is 36.9 Å². The van der Waals surface area contributed by atoms with Gasteiger partial charge in [-0.2, -0.15) is 0 Å². The highest BCUT2D eigenvalue weighted by Gasteiger charge is 2.19. The van der Waals surface area contributed by atoms with Gasteiger partial charge in [0.05, 0.1) is 0 Å². The first-order valence-electron chi connectivity index (χ1n) is 5.71. The fourth-order valence-electron chi connectivity index (χ4n) is 1.96. The van der Waals surface area contributed by atoms with E-state index in [4.69, 9.17) is 5.11 Å². The topological polar surface area (TPSA) is 58.0 Å². The lowest BCUT2D eigenvalue weighted by Gasteiger charge is -2.19. The number of nitrogens with one attached hydrogen (secondary N) is 1. The van der Waals surface area contributed by atoms with Crippen LogP contribution in [0.4, 0.5) is 14.6 Å². The Morgan fingerprint density at radius 3 is 2.82 bits per heavy atom. The summed E-state index contributed by atoms with van der Waals surface area (Å²) in [6, 6.07) is 0. The quantitative estimate of drug-likeness (QED) is 0.839. The van der Waals surface area contributed by atoms with Crippen molar-refractivity contribution >= 4 is 5.82 Å². The molecule has 1 atom stereocenters. The molecular weight excluding hydrogens is 228 g/mol. The van der Waals surface area contributed by atoms with Crippen LogP contribution in [0.5, 0.6) is 0 Å². The molecule has 0 fully saturated rings. The molecular formula is C11H15F2N3O. The Balaban J connectivity index is 2.06. The molecule has 17 heavy (non-hydrogen) atoms. The summed E-state index contributed by atoms with van der Waals surface area (Å²) in [5.41, 5.74) is 1.99. The molecule has 0 radical (unpaired) electrons. The maximum absolute atomic E-state index is 12.1. The Kier molecular flexibility index (Phi) is 3.83. The van der Waals surface area contributed by atoms with E-state index in [0.29, 0.717) is 5.82 Å². The predicted molar refractivity (Wildman–Crippen MR) is 59.2 cm³/mol. The van der Waals surface area contributed by atoms with Crippen molar-refractivity contribution in [3.63, 3.8) is 0 Å². The standard InChI is InChI=1S/C11H15F2N3O/c12-10(13)9(17)5-14-11-7-3-1-2-4-8(7)15-6-16-11/h6,9-10,17H,1-5H2,(H,14,15,16). The Morgan fingerprint density at radius 1 is 1.29 bits per heavy atom. The van der Waals surface area contributed by atoms with E-state index < -0.39 is 12.5 Å². The Labute approximate surface area is 98.1 Å². The molecule has 1 aliphatic rings. The molecule has 1 unspecified atom stereocenters. The summed E-state index contributed by atoms with van der Waals surface area (Å²) in [5.74, 6) is 0.578. The smallest absolute Gasteiger partial charge is 0.265 e. The van der Waals surface area contributed by atoms with Crippen molar-refractivity contribution in [1.82, 2.24) is 9.97 Å². The summed E-state index contributed by atoms with van der Waals surface area (Å²) in [7, 11) is 0. The van der Waals surface area contributed by atoms with Gasteiger partial charge in [-0.25, -0.2) is 18.7 Å². The second-order valence-corrected chi connectivity index (χ2v) is 4.14. The molecule has 1 aliphatic carbocycles. The number of hydrogen-bond acceptors (Lipinski definition) is 4. The molecule has 1 aromatic heterocycles. The van der Waals surface area contributed by atoms with Gasteiger partial charge in [-0.05, 0) is 25.7 Å². The van der Waals surface area contributed by atoms with E-state index in [1.165, 1.54) is 6.33 Å². The van der Waals surface area contributed by atoms with Gasteiger partial charge in [0.15, 0.2) is 0 Å². The first-order valence-corrected chi connectivity index (χ1v) is 5.71. The maximum atomic E-state index is 12.1. The van der Waals surface area contributed by atoms with Crippen molar-refractivity contribution in [3.05, 3.63) is 17.6 Å². The van der Waals surface area contributed by atoms with Gasteiger partial charge >= 0.3 is 0 Å². The number of fused-ring (bicyclic) bond motifs is 1. The lowest BCUT2D eigenvalue weighted by Crippen LogP contribution is -2.27. The zero-order valence-corrected chi connectivity index (χ0v) is 9.37. The number of alkyl halides is 2. The van der Waals surface area contributed by atoms with Crippen LogP contribution in [0.2, 0.25) is 0 Å². The molecule has 1 heterocycles. The second-order valence-electron chi connectivity index (χ2n) is 4.14. The maximum Gasteiger partial charge on any atom is 0.265 e. The summed E-state index contributed by atoms with van der Waals surface area (Å²) in [6.45, 7) is -0.193. The number of aliphatic hydroxyl groups excluding tert-OH is 1. The fourth-order valence-corrected chi connectivity index (χ4v) is 1.96. The highest BCUT2D eigenvalue weighted by Crippen LogP contribution is 2.24. The average Bonchev–Trinajstić information content (AvgIpc) is 2.35. The van der Waals surface area contributed by atoms with Crippen LogP contribution in [0, 0.1) is 0 Å². The molecule has 0 saturated heterocycles. The zero-order chi connectivity index (χ0) is 12.3. The third-order valence-electron chi connectivity index (χ3n) is 2.89. The van der Waals surface area contributed by atoms with Gasteiger partial charge in [-0.3, -0.25) is 0 Å². The number of rotatable bonds is 4. The third kappa shape index (κ3) is 2.88. The summed E-state index contributed by atoms with van der Waals surface area (Å²) in [4.78, 5) is 8.23. The SMILES string of the molecule is OC(CNc1ncnc2c1CCCC2)C(F)F. The predicted octanol–water partition coefficient (Wildman–Crippen LogP) is 1.39. The van der Waals surface area contributed by atoms with Gasteiger partial charge in [-0.1, -0.05) is 0 Å². The Hall–Kier alpha value is -1.30. The molecule has 94 valence electrons. The molecule has 4 nitrogen and oxygen atoms in total. The van der Waals surface area contributed by atoms with Crippen LogP contribution in [0.3, 0.4) is 0 Å². The summed E-state index contributed by atoms with van der Waals surface area (Å²) in [5, 5.41) is 11.8. The third-order valence-corrected chi connectivity index (χ3v) is 2.89. The van der Waals surface area contributed by atoms with Gasteiger partial charge in [-0.15, -0.1) is 0 Å². The highest BCUT2D eigenvalue weighted by molar-refractivity contribution is 5.47. The second kappa shape index (κ2) is 5.35. The molecule has 0 bridgehead atoms. The van der Waals surface area contributed by atoms with Gasteiger partial charge < -0.3 is 10.4 Å². The van der Waals surface area contributed by atoms with E-state index in [9.17, 15) is 8.78 Å². The highest BCUT2D eigenvalue weighted by atomic mass is 19.3. The molecule has 6 heteroatoms.